The van der Waals surface area contributed by atoms with Gasteiger partial charge in [0.1, 0.15) is 17.7 Å². The van der Waals surface area contributed by atoms with Gasteiger partial charge in [-0.15, -0.1) is 6.58 Å². The standard InChI is InChI=1S/C30H47N3O4/c1-9-18-33(28(35)25(19-20(2)3)32-29(36)37-30(6,7)8)26(24-17-13-14-21(4)22(24)5)27(34)31-23-15-11-10-12-16-23/h9,13-14,17,20,23,25-26H,1,10-12,15-16,18-19H2,2-8H3,(H,31,34)(H,32,36). The Bertz CT molecular complexity index is 945. The summed E-state index contributed by atoms with van der Waals surface area (Å²) in [5.74, 6) is -0.398. The Morgan fingerprint density at radius 3 is 2.35 bits per heavy atom. The maximum absolute atomic E-state index is 14.1. The van der Waals surface area contributed by atoms with E-state index in [0.717, 1.165) is 42.4 Å². The number of alkyl carbamates (subject to hydrolysis) is 1. The highest BCUT2D eigenvalue weighted by Crippen LogP contribution is 2.29. The van der Waals surface area contributed by atoms with Crippen LogP contribution in [-0.4, -0.2) is 47.0 Å². The normalized spacial score (nSPS) is 16.0. The molecule has 1 aliphatic rings. The van der Waals surface area contributed by atoms with E-state index in [1.54, 1.807) is 31.7 Å². The largest absolute Gasteiger partial charge is 0.444 e. The topological polar surface area (TPSA) is 87.7 Å². The molecule has 1 fully saturated rings. The maximum Gasteiger partial charge on any atom is 0.408 e. The molecular formula is C30H47N3O4. The van der Waals surface area contributed by atoms with E-state index in [1.165, 1.54) is 6.42 Å². The van der Waals surface area contributed by atoms with E-state index in [1.807, 2.05) is 45.9 Å². The minimum Gasteiger partial charge on any atom is -0.444 e. The number of nitrogens with zero attached hydrogens (tertiary/aromatic N) is 1. The number of ether oxygens (including phenoxy) is 1. The minimum absolute atomic E-state index is 0.0981. The lowest BCUT2D eigenvalue weighted by Crippen LogP contribution is -2.54. The Hall–Kier alpha value is -2.83. The van der Waals surface area contributed by atoms with Crippen molar-refractivity contribution in [3.05, 3.63) is 47.5 Å². The van der Waals surface area contributed by atoms with Gasteiger partial charge in [0, 0.05) is 12.6 Å². The number of hydrogen-bond donors (Lipinski definition) is 2. The number of carbonyl (C=O) groups is 3. The summed E-state index contributed by atoms with van der Waals surface area (Å²) in [5, 5.41) is 6.01. The third-order valence-corrected chi connectivity index (χ3v) is 6.76. The van der Waals surface area contributed by atoms with Crippen LogP contribution in [0.1, 0.15) is 95.9 Å². The van der Waals surface area contributed by atoms with E-state index < -0.39 is 23.8 Å². The van der Waals surface area contributed by atoms with Gasteiger partial charge in [-0.3, -0.25) is 9.59 Å². The van der Waals surface area contributed by atoms with Crippen LogP contribution < -0.4 is 10.6 Å². The van der Waals surface area contributed by atoms with E-state index in [0.29, 0.717) is 6.42 Å². The molecule has 0 radical (unpaired) electrons. The van der Waals surface area contributed by atoms with Crippen LogP contribution >= 0.6 is 0 Å². The number of rotatable bonds is 10. The van der Waals surface area contributed by atoms with Gasteiger partial charge < -0.3 is 20.3 Å². The molecule has 2 rings (SSSR count). The van der Waals surface area contributed by atoms with Crippen LogP contribution in [0.4, 0.5) is 4.79 Å². The third-order valence-electron chi connectivity index (χ3n) is 6.76. The molecule has 1 aliphatic carbocycles. The highest BCUT2D eigenvalue weighted by Gasteiger charge is 2.37. The quantitative estimate of drug-likeness (QED) is 0.390. The number of benzene rings is 1. The molecule has 0 aromatic heterocycles. The smallest absolute Gasteiger partial charge is 0.408 e. The van der Waals surface area contributed by atoms with Crippen LogP contribution in [0, 0.1) is 19.8 Å². The zero-order valence-electron chi connectivity index (χ0n) is 23.9. The molecule has 7 nitrogen and oxygen atoms in total. The van der Waals surface area contributed by atoms with Crippen LogP contribution in [0.25, 0.3) is 0 Å². The highest BCUT2D eigenvalue weighted by molar-refractivity contribution is 5.92. The second kappa shape index (κ2) is 13.6. The van der Waals surface area contributed by atoms with Gasteiger partial charge >= 0.3 is 6.09 Å². The monoisotopic (exact) mass is 513 g/mol. The fourth-order valence-electron chi connectivity index (χ4n) is 4.85. The van der Waals surface area contributed by atoms with Crippen molar-refractivity contribution < 1.29 is 19.1 Å². The van der Waals surface area contributed by atoms with Crippen LogP contribution in [-0.2, 0) is 14.3 Å². The van der Waals surface area contributed by atoms with Crippen LogP contribution in [0.15, 0.2) is 30.9 Å². The first kappa shape index (κ1) is 30.4. The van der Waals surface area contributed by atoms with Crippen LogP contribution in [0.3, 0.4) is 0 Å². The zero-order valence-corrected chi connectivity index (χ0v) is 23.9. The lowest BCUT2D eigenvalue weighted by molar-refractivity contribution is -0.142. The number of nitrogens with one attached hydrogen (secondary N) is 2. The van der Waals surface area contributed by atoms with Gasteiger partial charge in [0.2, 0.25) is 11.8 Å². The molecule has 0 aliphatic heterocycles. The molecule has 1 aromatic carbocycles. The molecule has 2 unspecified atom stereocenters. The van der Waals surface area contributed by atoms with E-state index in [-0.39, 0.29) is 30.3 Å². The van der Waals surface area contributed by atoms with Crippen molar-refractivity contribution in [1.82, 2.24) is 15.5 Å². The number of amides is 3. The Morgan fingerprint density at radius 1 is 1.14 bits per heavy atom. The third kappa shape index (κ3) is 9.20. The van der Waals surface area contributed by atoms with Gasteiger partial charge in [-0.1, -0.05) is 57.4 Å². The molecule has 3 amide bonds. The predicted molar refractivity (Wildman–Crippen MR) is 148 cm³/mol. The van der Waals surface area contributed by atoms with Crippen molar-refractivity contribution in [3.8, 4) is 0 Å². The average molecular weight is 514 g/mol. The molecule has 37 heavy (non-hydrogen) atoms. The van der Waals surface area contributed by atoms with Gasteiger partial charge in [0.05, 0.1) is 0 Å². The molecule has 0 heterocycles. The lowest BCUT2D eigenvalue weighted by atomic mass is 9.92. The second-order valence-corrected chi connectivity index (χ2v) is 11.6. The maximum atomic E-state index is 14.1. The average Bonchev–Trinajstić information content (AvgIpc) is 2.79. The van der Waals surface area contributed by atoms with Crippen molar-refractivity contribution in [3.63, 3.8) is 0 Å². The molecule has 1 aromatic rings. The van der Waals surface area contributed by atoms with Gasteiger partial charge in [-0.05, 0) is 76.5 Å². The van der Waals surface area contributed by atoms with E-state index in [9.17, 15) is 14.4 Å². The molecular weight excluding hydrogens is 466 g/mol. The summed E-state index contributed by atoms with van der Waals surface area (Å²) in [7, 11) is 0. The van der Waals surface area contributed by atoms with Crippen LogP contribution in [0.5, 0.6) is 0 Å². The first-order valence-electron chi connectivity index (χ1n) is 13.6. The van der Waals surface area contributed by atoms with Crippen LogP contribution in [0.2, 0.25) is 0 Å². The Balaban J connectivity index is 2.48. The molecule has 0 saturated heterocycles. The van der Waals surface area contributed by atoms with Gasteiger partial charge in [0.25, 0.3) is 0 Å². The molecule has 2 atom stereocenters. The van der Waals surface area contributed by atoms with Crippen molar-refractivity contribution >= 4 is 17.9 Å². The summed E-state index contributed by atoms with van der Waals surface area (Å²) in [6.45, 7) is 17.3. The SMILES string of the molecule is C=CCN(C(=O)C(CC(C)C)NC(=O)OC(C)(C)C)C(C(=O)NC1CCCCC1)c1cccc(C)c1C. The Kier molecular flexibility index (Phi) is 11.2. The van der Waals surface area contributed by atoms with E-state index in [4.69, 9.17) is 4.74 Å². The summed E-state index contributed by atoms with van der Waals surface area (Å²) < 4.78 is 5.45. The Morgan fingerprint density at radius 2 is 1.78 bits per heavy atom. The Labute approximate surface area is 223 Å². The highest BCUT2D eigenvalue weighted by atomic mass is 16.6. The first-order chi connectivity index (χ1) is 17.3. The van der Waals surface area contributed by atoms with Gasteiger partial charge in [-0.25, -0.2) is 4.79 Å². The van der Waals surface area contributed by atoms with Gasteiger partial charge in [-0.2, -0.15) is 0 Å². The summed E-state index contributed by atoms with van der Waals surface area (Å²) in [6.07, 6.45) is 6.63. The fourth-order valence-corrected chi connectivity index (χ4v) is 4.85. The minimum atomic E-state index is -0.845. The lowest BCUT2D eigenvalue weighted by Gasteiger charge is -2.36. The summed E-state index contributed by atoms with van der Waals surface area (Å²) in [5.41, 5.74) is 2.10. The summed E-state index contributed by atoms with van der Waals surface area (Å²) >= 11 is 0. The molecule has 7 heteroatoms. The first-order valence-corrected chi connectivity index (χ1v) is 13.6. The molecule has 0 spiro atoms. The van der Waals surface area contributed by atoms with Crippen molar-refractivity contribution in [2.45, 2.75) is 111 Å². The molecule has 2 N–H and O–H groups in total. The molecule has 206 valence electrons. The summed E-state index contributed by atoms with van der Waals surface area (Å²) in [6, 6.07) is 4.24. The number of aryl methyl sites for hydroxylation is 1. The van der Waals surface area contributed by atoms with Gasteiger partial charge in [0.15, 0.2) is 0 Å². The summed E-state index contributed by atoms with van der Waals surface area (Å²) in [4.78, 5) is 42.2. The molecule has 1 saturated carbocycles. The molecule has 0 bridgehead atoms. The van der Waals surface area contributed by atoms with Crippen molar-refractivity contribution in [2.75, 3.05) is 6.54 Å². The van der Waals surface area contributed by atoms with Crippen molar-refractivity contribution in [1.29, 1.82) is 0 Å². The van der Waals surface area contributed by atoms with E-state index in [2.05, 4.69) is 17.2 Å². The second-order valence-electron chi connectivity index (χ2n) is 11.6. The van der Waals surface area contributed by atoms with E-state index >= 15 is 0 Å². The number of hydrogen-bond acceptors (Lipinski definition) is 4. The fraction of sp³-hybridized carbons (Fsp3) is 0.633. The number of carbonyl (C=O) groups excluding carboxylic acids is 3. The predicted octanol–water partition coefficient (Wildman–Crippen LogP) is 5.75. The van der Waals surface area contributed by atoms with Crippen molar-refractivity contribution in [2.24, 2.45) is 5.92 Å². The zero-order chi connectivity index (χ0) is 27.8.